The Bertz CT molecular complexity index is 252. The first-order chi connectivity index (χ1) is 7.15. The molecule has 1 saturated heterocycles. The lowest BCUT2D eigenvalue weighted by molar-refractivity contribution is -0.128. The maximum absolute atomic E-state index is 11.2. The normalized spacial score (nSPS) is 18.9. The maximum Gasteiger partial charge on any atom is 0.219 e. The van der Waals surface area contributed by atoms with E-state index in [1.807, 2.05) is 16.7 Å². The Hall–Kier alpha value is -1.26. The summed E-state index contributed by atoms with van der Waals surface area (Å²) in [5.41, 5.74) is 5.82. The number of hydrogen-bond acceptors (Lipinski definition) is 2. The molecule has 0 atom stereocenters. The summed E-state index contributed by atoms with van der Waals surface area (Å²) in [6.45, 7) is 7.53. The zero-order valence-corrected chi connectivity index (χ0v) is 9.57. The van der Waals surface area contributed by atoms with Crippen molar-refractivity contribution in [3.63, 3.8) is 0 Å². The predicted molar refractivity (Wildman–Crippen MR) is 60.6 cm³/mol. The number of carbonyl (C=O) groups is 1. The molecule has 5 heteroatoms. The molecule has 15 heavy (non-hydrogen) atoms. The summed E-state index contributed by atoms with van der Waals surface area (Å²) < 4.78 is 0. The van der Waals surface area contributed by atoms with Gasteiger partial charge >= 0.3 is 0 Å². The van der Waals surface area contributed by atoms with Crippen LogP contribution in [0.3, 0.4) is 0 Å². The highest BCUT2D eigenvalue weighted by atomic mass is 16.2. The van der Waals surface area contributed by atoms with Crippen molar-refractivity contribution < 1.29 is 4.79 Å². The molecular weight excluding hydrogens is 192 g/mol. The van der Waals surface area contributed by atoms with E-state index in [4.69, 9.17) is 5.73 Å². The minimum absolute atomic E-state index is 0.142. The van der Waals surface area contributed by atoms with Crippen LogP contribution in [0.1, 0.15) is 20.3 Å². The van der Waals surface area contributed by atoms with Crippen LogP contribution in [-0.2, 0) is 4.79 Å². The van der Waals surface area contributed by atoms with Gasteiger partial charge in [0, 0.05) is 39.6 Å². The molecule has 86 valence electrons. The molecule has 0 aliphatic carbocycles. The number of rotatable bonds is 1. The molecule has 2 N–H and O–H groups in total. The largest absolute Gasteiger partial charge is 0.370 e. The van der Waals surface area contributed by atoms with E-state index in [1.54, 1.807) is 6.92 Å². The number of nitrogens with two attached hydrogens (primary N) is 1. The van der Waals surface area contributed by atoms with Crippen LogP contribution in [0.15, 0.2) is 4.99 Å². The lowest BCUT2D eigenvalue weighted by Gasteiger charge is -2.21. The van der Waals surface area contributed by atoms with Crippen molar-refractivity contribution in [2.45, 2.75) is 20.3 Å². The van der Waals surface area contributed by atoms with Gasteiger partial charge in [0.15, 0.2) is 5.96 Å². The van der Waals surface area contributed by atoms with Crippen molar-refractivity contribution in [3.05, 3.63) is 0 Å². The topological polar surface area (TPSA) is 61.9 Å². The van der Waals surface area contributed by atoms with E-state index < -0.39 is 0 Å². The van der Waals surface area contributed by atoms with Gasteiger partial charge < -0.3 is 15.5 Å². The van der Waals surface area contributed by atoms with Crippen molar-refractivity contribution in [1.29, 1.82) is 0 Å². The van der Waals surface area contributed by atoms with Crippen LogP contribution in [0.5, 0.6) is 0 Å². The van der Waals surface area contributed by atoms with Crippen LogP contribution in [0, 0.1) is 0 Å². The Balaban J connectivity index is 2.52. The first-order valence-electron chi connectivity index (χ1n) is 5.45. The molecule has 0 spiro atoms. The molecule has 1 aliphatic rings. The lowest BCUT2D eigenvalue weighted by Crippen LogP contribution is -2.40. The third-order valence-electron chi connectivity index (χ3n) is 2.59. The molecule has 1 rings (SSSR count). The highest BCUT2D eigenvalue weighted by Gasteiger charge is 2.17. The van der Waals surface area contributed by atoms with Gasteiger partial charge in [-0.2, -0.15) is 0 Å². The van der Waals surface area contributed by atoms with Crippen LogP contribution in [0.4, 0.5) is 0 Å². The first-order valence-corrected chi connectivity index (χ1v) is 5.45. The second kappa shape index (κ2) is 5.58. The number of nitrogens with zero attached hydrogens (tertiary/aromatic N) is 3. The second-order valence-electron chi connectivity index (χ2n) is 3.68. The Kier molecular flexibility index (Phi) is 4.39. The summed E-state index contributed by atoms with van der Waals surface area (Å²) in [6.07, 6.45) is 0.958. The average molecular weight is 212 g/mol. The van der Waals surface area contributed by atoms with Crippen molar-refractivity contribution >= 4 is 11.9 Å². The zero-order chi connectivity index (χ0) is 11.3. The van der Waals surface area contributed by atoms with E-state index in [1.165, 1.54) is 0 Å². The summed E-state index contributed by atoms with van der Waals surface area (Å²) in [4.78, 5) is 19.3. The van der Waals surface area contributed by atoms with E-state index in [0.29, 0.717) is 12.5 Å². The van der Waals surface area contributed by atoms with Gasteiger partial charge in [-0.1, -0.05) is 0 Å². The predicted octanol–water partition coefficient (Wildman–Crippen LogP) is -0.125. The lowest BCUT2D eigenvalue weighted by atomic mass is 10.4. The van der Waals surface area contributed by atoms with Gasteiger partial charge in [0.25, 0.3) is 0 Å². The molecule has 1 aliphatic heterocycles. The van der Waals surface area contributed by atoms with Crippen LogP contribution in [-0.4, -0.2) is 54.4 Å². The van der Waals surface area contributed by atoms with Gasteiger partial charge in [0.2, 0.25) is 5.91 Å². The Labute approximate surface area is 90.9 Å². The van der Waals surface area contributed by atoms with Crippen LogP contribution in [0.25, 0.3) is 0 Å². The summed E-state index contributed by atoms with van der Waals surface area (Å²) in [7, 11) is 0. The number of aliphatic imine (C=N–C) groups is 1. The van der Waals surface area contributed by atoms with Gasteiger partial charge in [0.1, 0.15) is 0 Å². The molecule has 0 saturated carbocycles. The van der Waals surface area contributed by atoms with Crippen molar-refractivity contribution in [2.75, 3.05) is 32.7 Å². The Morgan fingerprint density at radius 1 is 1.27 bits per heavy atom. The van der Waals surface area contributed by atoms with Crippen LogP contribution < -0.4 is 5.73 Å². The van der Waals surface area contributed by atoms with E-state index in [9.17, 15) is 4.79 Å². The smallest absolute Gasteiger partial charge is 0.219 e. The molecule has 1 amide bonds. The van der Waals surface area contributed by atoms with Gasteiger partial charge in [0.05, 0.1) is 0 Å². The summed E-state index contributed by atoms with van der Waals surface area (Å²) in [5, 5.41) is 0. The van der Waals surface area contributed by atoms with Crippen molar-refractivity contribution in [3.8, 4) is 0 Å². The average Bonchev–Trinajstić information content (AvgIpc) is 2.43. The van der Waals surface area contributed by atoms with Crippen molar-refractivity contribution in [2.24, 2.45) is 10.7 Å². The van der Waals surface area contributed by atoms with Crippen molar-refractivity contribution in [1.82, 2.24) is 9.80 Å². The molecule has 0 aromatic carbocycles. The Morgan fingerprint density at radius 3 is 2.47 bits per heavy atom. The number of hydrogen-bond donors (Lipinski definition) is 1. The molecule has 0 radical (unpaired) electrons. The molecule has 5 nitrogen and oxygen atoms in total. The number of carbonyl (C=O) groups excluding carboxylic acids is 1. The van der Waals surface area contributed by atoms with E-state index in [0.717, 1.165) is 32.6 Å². The minimum atomic E-state index is 0.142. The Morgan fingerprint density at radius 2 is 1.87 bits per heavy atom. The quantitative estimate of drug-likeness (QED) is 0.487. The highest BCUT2D eigenvalue weighted by Crippen LogP contribution is 2.02. The van der Waals surface area contributed by atoms with E-state index in [-0.39, 0.29) is 5.91 Å². The fraction of sp³-hybridized carbons (Fsp3) is 0.800. The fourth-order valence-corrected chi connectivity index (χ4v) is 1.72. The number of guanidine groups is 1. The highest BCUT2D eigenvalue weighted by molar-refractivity contribution is 5.78. The monoisotopic (exact) mass is 212 g/mol. The standard InChI is InChI=1S/C10H20N4O/c1-3-12-10(11)14-6-4-5-13(7-8-14)9(2)15/h3-8H2,1-2H3,(H2,11,12). The van der Waals surface area contributed by atoms with Gasteiger partial charge in [-0.15, -0.1) is 0 Å². The van der Waals surface area contributed by atoms with Gasteiger partial charge in [-0.3, -0.25) is 9.79 Å². The zero-order valence-electron chi connectivity index (χ0n) is 9.57. The van der Waals surface area contributed by atoms with E-state index >= 15 is 0 Å². The molecule has 0 unspecified atom stereocenters. The molecule has 1 fully saturated rings. The molecule has 0 aromatic rings. The third kappa shape index (κ3) is 3.42. The van der Waals surface area contributed by atoms with Crippen LogP contribution >= 0.6 is 0 Å². The van der Waals surface area contributed by atoms with Gasteiger partial charge in [-0.05, 0) is 13.3 Å². The summed E-state index contributed by atoms with van der Waals surface area (Å²) in [5.74, 6) is 0.741. The molecular formula is C10H20N4O. The minimum Gasteiger partial charge on any atom is -0.370 e. The number of amides is 1. The second-order valence-corrected chi connectivity index (χ2v) is 3.68. The molecule has 0 aromatic heterocycles. The first kappa shape index (κ1) is 11.8. The third-order valence-corrected chi connectivity index (χ3v) is 2.59. The molecule has 1 heterocycles. The summed E-state index contributed by atoms with van der Waals surface area (Å²) in [6, 6.07) is 0. The SMILES string of the molecule is CCN=C(N)N1CCCN(C(C)=O)CC1. The fourth-order valence-electron chi connectivity index (χ4n) is 1.72. The van der Waals surface area contributed by atoms with E-state index in [2.05, 4.69) is 4.99 Å². The summed E-state index contributed by atoms with van der Waals surface area (Å²) >= 11 is 0. The van der Waals surface area contributed by atoms with Gasteiger partial charge in [-0.25, -0.2) is 0 Å². The maximum atomic E-state index is 11.2. The van der Waals surface area contributed by atoms with Crippen LogP contribution in [0.2, 0.25) is 0 Å². The molecule has 0 bridgehead atoms.